The molecule has 0 saturated heterocycles. The Kier molecular flexibility index (Phi) is 2.33. The van der Waals surface area contributed by atoms with Gasteiger partial charge in [0.1, 0.15) is 5.75 Å². The van der Waals surface area contributed by atoms with Gasteiger partial charge in [0.05, 0.1) is 12.8 Å². The molecule has 4 heteroatoms. The highest BCUT2D eigenvalue weighted by Crippen LogP contribution is 2.13. The minimum Gasteiger partial charge on any atom is -0.497 e. The molecule has 0 unspecified atom stereocenters. The highest BCUT2D eigenvalue weighted by atomic mass is 16.5. The fraction of sp³-hybridized carbons (Fsp3) is 0.182. The third-order valence-corrected chi connectivity index (χ3v) is 2.27. The van der Waals surface area contributed by atoms with Crippen molar-refractivity contribution in [3.8, 4) is 11.4 Å². The number of ether oxygens (including phenoxy) is 1. The molecule has 0 radical (unpaired) electrons. The number of nitrogens with zero attached hydrogens (tertiary/aromatic N) is 2. The van der Waals surface area contributed by atoms with Crippen LogP contribution in [-0.4, -0.2) is 16.5 Å². The fourth-order valence-corrected chi connectivity index (χ4v) is 1.50. The molecule has 1 aromatic carbocycles. The molecule has 0 bridgehead atoms. The van der Waals surface area contributed by atoms with Crippen LogP contribution in [0.15, 0.2) is 41.3 Å². The summed E-state index contributed by atoms with van der Waals surface area (Å²) in [7, 11) is 3.44. The van der Waals surface area contributed by atoms with E-state index >= 15 is 0 Å². The summed E-state index contributed by atoms with van der Waals surface area (Å²) in [5.41, 5.74) is 0.788. The second-order valence-corrected chi connectivity index (χ2v) is 3.24. The average molecular weight is 204 g/mol. The molecule has 0 spiro atoms. The van der Waals surface area contributed by atoms with Gasteiger partial charge in [-0.05, 0) is 24.3 Å². The maximum Gasteiger partial charge on any atom is 0.271 e. The number of aromatic nitrogens is 2. The molecule has 2 rings (SSSR count). The zero-order valence-electron chi connectivity index (χ0n) is 8.68. The molecule has 0 aliphatic rings. The van der Waals surface area contributed by atoms with E-state index in [0.717, 1.165) is 11.4 Å². The van der Waals surface area contributed by atoms with Gasteiger partial charge in [0.2, 0.25) is 0 Å². The van der Waals surface area contributed by atoms with Crippen molar-refractivity contribution in [3.63, 3.8) is 0 Å². The zero-order valence-corrected chi connectivity index (χ0v) is 8.68. The number of benzene rings is 1. The summed E-state index contributed by atoms with van der Waals surface area (Å²) < 4.78 is 8.38. The molecule has 0 N–H and O–H groups in total. The van der Waals surface area contributed by atoms with E-state index in [1.54, 1.807) is 22.7 Å². The first-order valence-corrected chi connectivity index (χ1v) is 4.61. The van der Waals surface area contributed by atoms with Crippen molar-refractivity contribution in [1.82, 2.24) is 9.36 Å². The van der Waals surface area contributed by atoms with Gasteiger partial charge in [0.25, 0.3) is 5.56 Å². The lowest BCUT2D eigenvalue weighted by Crippen LogP contribution is -2.18. The summed E-state index contributed by atoms with van der Waals surface area (Å²) in [6.45, 7) is 0. The Balaban J connectivity index is 2.50. The number of hydrogen-bond acceptors (Lipinski definition) is 2. The molecule has 0 aliphatic heterocycles. The van der Waals surface area contributed by atoms with Gasteiger partial charge in [-0.25, -0.2) is 4.68 Å². The summed E-state index contributed by atoms with van der Waals surface area (Å²) in [6.07, 6.45) is 1.73. The lowest BCUT2D eigenvalue weighted by atomic mass is 10.3. The van der Waals surface area contributed by atoms with Gasteiger partial charge in [-0.2, -0.15) is 0 Å². The summed E-state index contributed by atoms with van der Waals surface area (Å²) in [6, 6.07) is 8.88. The van der Waals surface area contributed by atoms with Crippen LogP contribution in [0.5, 0.6) is 5.75 Å². The minimum atomic E-state index is -0.0392. The number of aryl methyl sites for hydroxylation is 1. The number of methoxy groups -OCH3 is 1. The van der Waals surface area contributed by atoms with Gasteiger partial charge in [-0.3, -0.25) is 9.48 Å². The van der Waals surface area contributed by atoms with Crippen LogP contribution in [0.2, 0.25) is 0 Å². The van der Waals surface area contributed by atoms with Crippen LogP contribution in [0.4, 0.5) is 0 Å². The van der Waals surface area contributed by atoms with Crippen molar-refractivity contribution in [2.45, 2.75) is 0 Å². The first-order valence-electron chi connectivity index (χ1n) is 4.61. The Hall–Kier alpha value is -1.97. The Morgan fingerprint density at radius 3 is 2.27 bits per heavy atom. The lowest BCUT2D eigenvalue weighted by molar-refractivity contribution is 0.414. The molecule has 0 saturated carbocycles. The monoisotopic (exact) mass is 204 g/mol. The third kappa shape index (κ3) is 1.66. The van der Waals surface area contributed by atoms with Gasteiger partial charge in [0, 0.05) is 19.3 Å². The van der Waals surface area contributed by atoms with E-state index in [1.165, 1.54) is 6.07 Å². The molecule has 0 aliphatic carbocycles. The van der Waals surface area contributed by atoms with Crippen molar-refractivity contribution in [3.05, 3.63) is 46.9 Å². The Bertz CT molecular complexity index is 508. The zero-order chi connectivity index (χ0) is 10.8. The first kappa shape index (κ1) is 9.58. The predicted molar refractivity (Wildman–Crippen MR) is 57.6 cm³/mol. The maximum atomic E-state index is 11.5. The molecule has 1 aromatic heterocycles. The van der Waals surface area contributed by atoms with Crippen molar-refractivity contribution < 1.29 is 4.74 Å². The first-order chi connectivity index (χ1) is 7.22. The van der Waals surface area contributed by atoms with Crippen molar-refractivity contribution in [2.75, 3.05) is 7.11 Å². The van der Waals surface area contributed by atoms with E-state index in [4.69, 9.17) is 4.74 Å². The molecule has 0 amide bonds. The molecule has 4 nitrogen and oxygen atoms in total. The molecule has 0 atom stereocenters. The van der Waals surface area contributed by atoms with E-state index in [9.17, 15) is 4.79 Å². The van der Waals surface area contributed by atoms with Gasteiger partial charge < -0.3 is 4.74 Å². The second kappa shape index (κ2) is 3.65. The highest BCUT2D eigenvalue weighted by Gasteiger charge is 2.02. The normalized spacial score (nSPS) is 10.3. The van der Waals surface area contributed by atoms with E-state index in [-0.39, 0.29) is 5.56 Å². The van der Waals surface area contributed by atoms with Crippen molar-refractivity contribution >= 4 is 0 Å². The number of hydrogen-bond donors (Lipinski definition) is 0. The van der Waals surface area contributed by atoms with Crippen LogP contribution in [0.1, 0.15) is 0 Å². The van der Waals surface area contributed by atoms with Gasteiger partial charge >= 0.3 is 0 Å². The molecular formula is C11H12N2O2. The maximum absolute atomic E-state index is 11.5. The average Bonchev–Trinajstić information content (AvgIpc) is 2.59. The lowest BCUT2D eigenvalue weighted by Gasteiger charge is -2.07. The predicted octanol–water partition coefficient (Wildman–Crippen LogP) is 1.18. The summed E-state index contributed by atoms with van der Waals surface area (Å²) in [5, 5.41) is 0. The summed E-state index contributed by atoms with van der Waals surface area (Å²) >= 11 is 0. The smallest absolute Gasteiger partial charge is 0.271 e. The second-order valence-electron chi connectivity index (χ2n) is 3.24. The van der Waals surface area contributed by atoms with Crippen LogP contribution < -0.4 is 10.3 Å². The van der Waals surface area contributed by atoms with Gasteiger partial charge in [-0.15, -0.1) is 0 Å². The summed E-state index contributed by atoms with van der Waals surface area (Å²) in [5.74, 6) is 0.779. The van der Waals surface area contributed by atoms with Crippen LogP contribution >= 0.6 is 0 Å². The largest absolute Gasteiger partial charge is 0.497 e. The molecular weight excluding hydrogens is 192 g/mol. The molecule has 2 aromatic rings. The highest BCUT2D eigenvalue weighted by molar-refractivity contribution is 5.36. The Morgan fingerprint density at radius 2 is 1.80 bits per heavy atom. The van der Waals surface area contributed by atoms with Crippen molar-refractivity contribution in [2.24, 2.45) is 7.05 Å². The van der Waals surface area contributed by atoms with Crippen LogP contribution in [0.25, 0.3) is 5.69 Å². The van der Waals surface area contributed by atoms with Gasteiger partial charge in [-0.1, -0.05) is 0 Å². The van der Waals surface area contributed by atoms with E-state index < -0.39 is 0 Å². The molecule has 0 fully saturated rings. The van der Waals surface area contributed by atoms with Crippen LogP contribution in [-0.2, 0) is 7.05 Å². The Labute approximate surface area is 87.3 Å². The van der Waals surface area contributed by atoms with E-state index in [2.05, 4.69) is 0 Å². The molecule has 78 valence electrons. The van der Waals surface area contributed by atoms with Gasteiger partial charge in [0.15, 0.2) is 0 Å². The van der Waals surface area contributed by atoms with Crippen LogP contribution in [0.3, 0.4) is 0 Å². The SMILES string of the molecule is COc1ccc(-n2c(=O)ccn2C)cc1. The Morgan fingerprint density at radius 1 is 1.13 bits per heavy atom. The topological polar surface area (TPSA) is 36.2 Å². The molecule has 15 heavy (non-hydrogen) atoms. The van der Waals surface area contributed by atoms with E-state index in [1.807, 2.05) is 31.3 Å². The van der Waals surface area contributed by atoms with E-state index in [0.29, 0.717) is 0 Å². The van der Waals surface area contributed by atoms with Crippen LogP contribution in [0, 0.1) is 0 Å². The third-order valence-electron chi connectivity index (χ3n) is 2.27. The standard InChI is InChI=1S/C11H12N2O2/c1-12-8-7-11(14)13(12)9-3-5-10(15-2)6-4-9/h3-8H,1-2H3. The van der Waals surface area contributed by atoms with Crippen molar-refractivity contribution in [1.29, 1.82) is 0 Å². The summed E-state index contributed by atoms with van der Waals surface area (Å²) in [4.78, 5) is 11.5. The number of rotatable bonds is 2. The quantitative estimate of drug-likeness (QED) is 0.736. The fourth-order valence-electron chi connectivity index (χ4n) is 1.50. The minimum absolute atomic E-state index is 0.0392. The molecule has 1 heterocycles.